The highest BCUT2D eigenvalue weighted by Crippen LogP contribution is 2.26. The van der Waals surface area contributed by atoms with Crippen molar-refractivity contribution in [3.8, 4) is 0 Å². The summed E-state index contributed by atoms with van der Waals surface area (Å²) in [6.45, 7) is 7.83. The molecule has 3 heterocycles. The summed E-state index contributed by atoms with van der Waals surface area (Å²) in [7, 11) is 3.44. The summed E-state index contributed by atoms with van der Waals surface area (Å²) in [5, 5.41) is 7.17. The van der Waals surface area contributed by atoms with Crippen LogP contribution in [-0.4, -0.2) is 76.5 Å². The number of likely N-dealkylation sites (tertiary alicyclic amines) is 1. The largest absolute Gasteiger partial charge is 0.343 e. The van der Waals surface area contributed by atoms with Crippen LogP contribution in [0.5, 0.6) is 0 Å². The molecule has 0 spiro atoms. The molecule has 1 N–H and O–H groups in total. The van der Waals surface area contributed by atoms with Crippen LogP contribution in [0.15, 0.2) is 0 Å². The van der Waals surface area contributed by atoms with E-state index in [0.717, 1.165) is 43.6 Å². The van der Waals surface area contributed by atoms with Gasteiger partial charge >= 0.3 is 0 Å². The molecule has 7 heteroatoms. The maximum atomic E-state index is 12.8. The van der Waals surface area contributed by atoms with Crippen LogP contribution in [0.3, 0.4) is 0 Å². The van der Waals surface area contributed by atoms with Gasteiger partial charge in [-0.15, -0.1) is 0 Å². The second-order valence-electron chi connectivity index (χ2n) is 8.07. The fraction of sp³-hybridized carbons (Fsp3) is 0.737. The van der Waals surface area contributed by atoms with E-state index in [-0.39, 0.29) is 11.8 Å². The number of carbonyl (C=O) groups is 2. The minimum absolute atomic E-state index is 0.113. The zero-order valence-corrected chi connectivity index (χ0v) is 16.4. The van der Waals surface area contributed by atoms with Crippen LogP contribution in [-0.2, 0) is 17.8 Å². The molecule has 2 amide bonds. The van der Waals surface area contributed by atoms with Gasteiger partial charge in [-0.05, 0) is 45.7 Å². The van der Waals surface area contributed by atoms with Crippen molar-refractivity contribution in [2.75, 3.05) is 33.7 Å². The van der Waals surface area contributed by atoms with Gasteiger partial charge in [-0.2, -0.15) is 5.10 Å². The molecule has 2 aliphatic rings. The Kier molecular flexibility index (Phi) is 5.65. The van der Waals surface area contributed by atoms with Crippen LogP contribution < -0.4 is 0 Å². The van der Waals surface area contributed by atoms with Gasteiger partial charge in [0.1, 0.15) is 0 Å². The molecule has 2 aliphatic heterocycles. The fourth-order valence-corrected chi connectivity index (χ4v) is 3.95. The van der Waals surface area contributed by atoms with Crippen LogP contribution in [0.1, 0.15) is 54.9 Å². The molecule has 0 unspecified atom stereocenters. The molecule has 0 atom stereocenters. The number of aromatic nitrogens is 2. The number of H-pyrrole nitrogens is 1. The van der Waals surface area contributed by atoms with E-state index in [1.54, 1.807) is 14.1 Å². The molecule has 1 fully saturated rings. The SMILES string of the molecule is CC(C)N1CCC(CC(=O)N2CCc3[nH]nc(C(=O)N(C)C)c3C2)CC1. The molecule has 1 aromatic heterocycles. The molecule has 26 heavy (non-hydrogen) atoms. The Hall–Kier alpha value is -1.89. The van der Waals surface area contributed by atoms with Gasteiger partial charge in [0.15, 0.2) is 5.69 Å². The maximum Gasteiger partial charge on any atom is 0.274 e. The Bertz CT molecular complexity index is 659. The number of hydrogen-bond donors (Lipinski definition) is 1. The molecule has 1 saturated heterocycles. The van der Waals surface area contributed by atoms with Gasteiger partial charge in [0.25, 0.3) is 5.91 Å². The standard InChI is InChI=1S/C19H31N5O2/c1-13(2)23-8-5-14(6-9-23)11-17(25)24-10-7-16-15(12-24)18(21-20-16)19(26)22(3)4/h13-14H,5-12H2,1-4H3,(H,20,21). The van der Waals surface area contributed by atoms with Gasteiger partial charge in [0.2, 0.25) is 5.91 Å². The third-order valence-electron chi connectivity index (χ3n) is 5.74. The Morgan fingerprint density at radius 3 is 2.54 bits per heavy atom. The summed E-state index contributed by atoms with van der Waals surface area (Å²) in [6.07, 6.45) is 3.55. The molecule has 3 rings (SSSR count). The first-order valence-electron chi connectivity index (χ1n) is 9.66. The third-order valence-corrected chi connectivity index (χ3v) is 5.74. The van der Waals surface area contributed by atoms with Crippen molar-refractivity contribution in [2.24, 2.45) is 5.92 Å². The van der Waals surface area contributed by atoms with Crippen LogP contribution in [0.2, 0.25) is 0 Å². The number of nitrogens with one attached hydrogen (secondary N) is 1. The van der Waals surface area contributed by atoms with Gasteiger partial charge in [0.05, 0.1) is 0 Å². The summed E-state index contributed by atoms with van der Waals surface area (Å²) in [5.41, 5.74) is 2.33. The minimum Gasteiger partial charge on any atom is -0.343 e. The number of nitrogens with zero attached hydrogens (tertiary/aromatic N) is 4. The Balaban J connectivity index is 1.59. The number of fused-ring (bicyclic) bond motifs is 1. The Morgan fingerprint density at radius 2 is 1.92 bits per heavy atom. The lowest BCUT2D eigenvalue weighted by atomic mass is 9.92. The predicted octanol–water partition coefficient (Wildman–Crippen LogP) is 1.51. The summed E-state index contributed by atoms with van der Waals surface area (Å²) < 4.78 is 0. The van der Waals surface area contributed by atoms with Crippen LogP contribution in [0.4, 0.5) is 0 Å². The number of carbonyl (C=O) groups excluding carboxylic acids is 2. The first-order chi connectivity index (χ1) is 12.4. The van der Waals surface area contributed by atoms with Crippen molar-refractivity contribution in [2.45, 2.75) is 52.1 Å². The molecular formula is C19H31N5O2. The van der Waals surface area contributed by atoms with E-state index in [9.17, 15) is 9.59 Å². The van der Waals surface area contributed by atoms with E-state index in [1.807, 2.05) is 4.90 Å². The molecule has 0 radical (unpaired) electrons. The molecule has 0 saturated carbocycles. The molecular weight excluding hydrogens is 330 g/mol. The van der Waals surface area contributed by atoms with Crippen molar-refractivity contribution in [3.05, 3.63) is 17.0 Å². The first kappa shape index (κ1) is 18.9. The average Bonchev–Trinajstić information content (AvgIpc) is 3.04. The molecule has 0 bridgehead atoms. The van der Waals surface area contributed by atoms with Crippen molar-refractivity contribution >= 4 is 11.8 Å². The number of aromatic amines is 1. The molecule has 0 aromatic carbocycles. The summed E-state index contributed by atoms with van der Waals surface area (Å²) in [5.74, 6) is 0.576. The van der Waals surface area contributed by atoms with E-state index in [2.05, 4.69) is 28.9 Å². The van der Waals surface area contributed by atoms with E-state index >= 15 is 0 Å². The first-order valence-corrected chi connectivity index (χ1v) is 9.66. The maximum absolute atomic E-state index is 12.8. The van der Waals surface area contributed by atoms with Crippen molar-refractivity contribution in [1.82, 2.24) is 24.9 Å². The molecule has 1 aromatic rings. The molecule has 0 aliphatic carbocycles. The summed E-state index contributed by atoms with van der Waals surface area (Å²) in [4.78, 5) is 31.0. The molecule has 7 nitrogen and oxygen atoms in total. The predicted molar refractivity (Wildman–Crippen MR) is 99.8 cm³/mol. The summed E-state index contributed by atoms with van der Waals surface area (Å²) in [6, 6.07) is 0.584. The number of piperidine rings is 1. The fourth-order valence-electron chi connectivity index (χ4n) is 3.95. The highest BCUT2D eigenvalue weighted by molar-refractivity contribution is 5.93. The van der Waals surface area contributed by atoms with Gasteiger partial charge in [-0.3, -0.25) is 14.7 Å². The average molecular weight is 361 g/mol. The third kappa shape index (κ3) is 3.92. The van der Waals surface area contributed by atoms with Gasteiger partial charge < -0.3 is 14.7 Å². The summed E-state index contributed by atoms with van der Waals surface area (Å²) >= 11 is 0. The van der Waals surface area contributed by atoms with E-state index in [0.29, 0.717) is 37.2 Å². The van der Waals surface area contributed by atoms with Crippen LogP contribution in [0, 0.1) is 5.92 Å². The zero-order valence-electron chi connectivity index (χ0n) is 16.4. The van der Waals surface area contributed by atoms with E-state index in [4.69, 9.17) is 0 Å². The second-order valence-corrected chi connectivity index (χ2v) is 8.07. The number of amides is 2. The highest BCUT2D eigenvalue weighted by atomic mass is 16.2. The quantitative estimate of drug-likeness (QED) is 0.882. The molecule has 144 valence electrons. The lowest BCUT2D eigenvalue weighted by molar-refractivity contribution is -0.133. The van der Waals surface area contributed by atoms with Gasteiger partial charge in [-0.25, -0.2) is 0 Å². The second kappa shape index (κ2) is 7.78. The van der Waals surface area contributed by atoms with Gasteiger partial charge in [-0.1, -0.05) is 0 Å². The van der Waals surface area contributed by atoms with Crippen molar-refractivity contribution in [3.63, 3.8) is 0 Å². The van der Waals surface area contributed by atoms with E-state index < -0.39 is 0 Å². The normalized spacial score (nSPS) is 18.9. The Labute approximate surface area is 155 Å². The van der Waals surface area contributed by atoms with E-state index in [1.165, 1.54) is 4.90 Å². The zero-order chi connectivity index (χ0) is 18.8. The van der Waals surface area contributed by atoms with Crippen LogP contribution >= 0.6 is 0 Å². The van der Waals surface area contributed by atoms with Crippen molar-refractivity contribution in [1.29, 1.82) is 0 Å². The highest BCUT2D eigenvalue weighted by Gasteiger charge is 2.30. The lowest BCUT2D eigenvalue weighted by Gasteiger charge is -2.35. The number of hydrogen-bond acceptors (Lipinski definition) is 4. The topological polar surface area (TPSA) is 72.5 Å². The number of rotatable bonds is 4. The van der Waals surface area contributed by atoms with Gasteiger partial charge in [0, 0.05) is 57.3 Å². The lowest BCUT2D eigenvalue weighted by Crippen LogP contribution is -2.41. The van der Waals surface area contributed by atoms with Crippen molar-refractivity contribution < 1.29 is 9.59 Å². The Morgan fingerprint density at radius 1 is 1.23 bits per heavy atom. The monoisotopic (exact) mass is 361 g/mol. The van der Waals surface area contributed by atoms with Crippen LogP contribution in [0.25, 0.3) is 0 Å². The minimum atomic E-state index is -0.113. The smallest absolute Gasteiger partial charge is 0.274 e.